The van der Waals surface area contributed by atoms with E-state index in [1.54, 1.807) is 7.11 Å². The van der Waals surface area contributed by atoms with Gasteiger partial charge in [0.15, 0.2) is 0 Å². The number of nitrogens with zero attached hydrogens (tertiary/aromatic N) is 1. The summed E-state index contributed by atoms with van der Waals surface area (Å²) in [7, 11) is 5.83. The Kier molecular flexibility index (Phi) is 4.71. The Bertz CT molecular complexity index is 450. The minimum Gasteiger partial charge on any atom is -0.496 e. The minimum absolute atomic E-state index is 0.167. The average molecular weight is 277 g/mol. The molecule has 0 amide bonds. The molecule has 112 valence electrons. The molecule has 1 aromatic rings. The van der Waals surface area contributed by atoms with Gasteiger partial charge in [0, 0.05) is 5.56 Å². The number of ether oxygens (including phenoxy) is 1. The van der Waals surface area contributed by atoms with Crippen molar-refractivity contribution in [1.29, 1.82) is 0 Å². The molecule has 0 saturated heterocycles. The zero-order valence-electron chi connectivity index (χ0n) is 13.1. The van der Waals surface area contributed by atoms with Crippen molar-refractivity contribution >= 4 is 0 Å². The van der Waals surface area contributed by atoms with Gasteiger partial charge in [-0.3, -0.25) is 0 Å². The number of benzene rings is 1. The summed E-state index contributed by atoms with van der Waals surface area (Å²) in [5.41, 5.74) is 1.91. The molecule has 3 heteroatoms. The van der Waals surface area contributed by atoms with Gasteiger partial charge < -0.3 is 14.7 Å². The van der Waals surface area contributed by atoms with Gasteiger partial charge in [0.2, 0.25) is 0 Å². The molecule has 1 aliphatic rings. The molecular formula is C17H27NO2. The lowest BCUT2D eigenvalue weighted by molar-refractivity contribution is -0.0345. The molecule has 0 aliphatic heterocycles. The summed E-state index contributed by atoms with van der Waals surface area (Å²) in [6, 6.07) is 6.04. The van der Waals surface area contributed by atoms with Crippen LogP contribution in [-0.2, 0) is 0 Å². The quantitative estimate of drug-likeness (QED) is 0.916. The molecule has 0 bridgehead atoms. The first-order valence-electron chi connectivity index (χ1n) is 7.51. The average Bonchev–Trinajstić information content (AvgIpc) is 2.47. The van der Waals surface area contributed by atoms with Crippen LogP contribution in [0.3, 0.4) is 0 Å². The van der Waals surface area contributed by atoms with Crippen molar-refractivity contribution in [2.24, 2.45) is 0 Å². The third kappa shape index (κ3) is 2.70. The molecule has 0 aromatic heterocycles. The molecule has 1 atom stereocenters. The summed E-state index contributed by atoms with van der Waals surface area (Å²) in [5.74, 6) is 0.787. The molecule has 1 saturated carbocycles. The van der Waals surface area contributed by atoms with Crippen molar-refractivity contribution in [3.05, 3.63) is 29.3 Å². The van der Waals surface area contributed by atoms with E-state index in [9.17, 15) is 5.11 Å². The normalized spacial score (nSPS) is 19.9. The van der Waals surface area contributed by atoms with Gasteiger partial charge >= 0.3 is 0 Å². The van der Waals surface area contributed by atoms with Crippen LogP contribution >= 0.6 is 0 Å². The standard InChI is InChI=1S/C17H27NO2/c1-13-8-9-15(20-4)14(12-13)16(19)17(18(2)3)10-6-5-7-11-17/h8-9,12,16,19H,5-7,10-11H2,1-4H3. The molecule has 1 unspecified atom stereocenters. The Morgan fingerprint density at radius 2 is 1.85 bits per heavy atom. The van der Waals surface area contributed by atoms with Crippen LogP contribution in [0.5, 0.6) is 5.75 Å². The van der Waals surface area contributed by atoms with Crippen molar-refractivity contribution < 1.29 is 9.84 Å². The first kappa shape index (κ1) is 15.3. The summed E-state index contributed by atoms with van der Waals surface area (Å²) in [4.78, 5) is 2.21. The summed E-state index contributed by atoms with van der Waals surface area (Å²) in [5, 5.41) is 11.1. The van der Waals surface area contributed by atoms with Gasteiger partial charge in [0.25, 0.3) is 0 Å². The number of methoxy groups -OCH3 is 1. The van der Waals surface area contributed by atoms with E-state index < -0.39 is 6.10 Å². The molecule has 2 rings (SSSR count). The van der Waals surface area contributed by atoms with E-state index in [0.717, 1.165) is 29.7 Å². The Hall–Kier alpha value is -1.06. The van der Waals surface area contributed by atoms with Crippen LogP contribution in [0, 0.1) is 6.92 Å². The van der Waals surface area contributed by atoms with Gasteiger partial charge in [-0.2, -0.15) is 0 Å². The molecule has 0 heterocycles. The van der Waals surface area contributed by atoms with Crippen molar-refractivity contribution in [2.45, 2.75) is 50.7 Å². The lowest BCUT2D eigenvalue weighted by Gasteiger charge is -2.46. The fraction of sp³-hybridized carbons (Fsp3) is 0.647. The van der Waals surface area contributed by atoms with Gasteiger partial charge in [-0.15, -0.1) is 0 Å². The van der Waals surface area contributed by atoms with Gasteiger partial charge in [0.05, 0.1) is 12.6 Å². The van der Waals surface area contributed by atoms with E-state index in [4.69, 9.17) is 4.74 Å². The monoisotopic (exact) mass is 277 g/mol. The maximum absolute atomic E-state index is 11.1. The predicted octanol–water partition coefficient (Wildman–Crippen LogP) is 3.30. The van der Waals surface area contributed by atoms with Crippen molar-refractivity contribution in [1.82, 2.24) is 4.90 Å². The number of hydrogen-bond acceptors (Lipinski definition) is 3. The maximum Gasteiger partial charge on any atom is 0.124 e. The van der Waals surface area contributed by atoms with Crippen molar-refractivity contribution in [2.75, 3.05) is 21.2 Å². The smallest absolute Gasteiger partial charge is 0.124 e. The third-order valence-corrected chi connectivity index (χ3v) is 4.80. The van der Waals surface area contributed by atoms with E-state index in [1.807, 2.05) is 12.1 Å². The van der Waals surface area contributed by atoms with E-state index >= 15 is 0 Å². The fourth-order valence-corrected chi connectivity index (χ4v) is 3.49. The first-order valence-corrected chi connectivity index (χ1v) is 7.51. The van der Waals surface area contributed by atoms with Gasteiger partial charge in [-0.1, -0.05) is 30.9 Å². The second kappa shape index (κ2) is 6.15. The summed E-state index contributed by atoms with van der Waals surface area (Å²) in [6.07, 6.45) is 5.21. The zero-order valence-corrected chi connectivity index (χ0v) is 13.1. The van der Waals surface area contributed by atoms with E-state index in [2.05, 4.69) is 32.0 Å². The largest absolute Gasteiger partial charge is 0.496 e. The topological polar surface area (TPSA) is 32.7 Å². The van der Waals surface area contributed by atoms with Gasteiger partial charge in [0.1, 0.15) is 11.9 Å². The van der Waals surface area contributed by atoms with E-state index in [-0.39, 0.29) is 5.54 Å². The highest BCUT2D eigenvalue weighted by Crippen LogP contribution is 2.44. The van der Waals surface area contributed by atoms with E-state index in [0.29, 0.717) is 0 Å². The molecule has 3 nitrogen and oxygen atoms in total. The molecule has 0 radical (unpaired) electrons. The number of aliphatic hydroxyl groups is 1. The highest BCUT2D eigenvalue weighted by Gasteiger charge is 2.42. The van der Waals surface area contributed by atoms with Crippen LogP contribution in [0.15, 0.2) is 18.2 Å². The molecule has 1 aliphatic carbocycles. The summed E-state index contributed by atoms with van der Waals surface area (Å²) < 4.78 is 5.46. The third-order valence-electron chi connectivity index (χ3n) is 4.80. The lowest BCUT2D eigenvalue weighted by Crippen LogP contribution is -2.50. The molecule has 1 aromatic carbocycles. The van der Waals surface area contributed by atoms with Crippen LogP contribution < -0.4 is 4.74 Å². The van der Waals surface area contributed by atoms with Crippen LogP contribution in [0.4, 0.5) is 0 Å². The predicted molar refractivity (Wildman–Crippen MR) is 82.2 cm³/mol. The first-order chi connectivity index (χ1) is 9.51. The number of likely N-dealkylation sites (N-methyl/N-ethyl adjacent to an activating group) is 1. The van der Waals surface area contributed by atoms with Gasteiger partial charge in [-0.05, 0) is 46.0 Å². The fourth-order valence-electron chi connectivity index (χ4n) is 3.49. The SMILES string of the molecule is COc1ccc(C)cc1C(O)C1(N(C)C)CCCCC1. The Morgan fingerprint density at radius 3 is 2.40 bits per heavy atom. The molecular weight excluding hydrogens is 250 g/mol. The summed E-state index contributed by atoms with van der Waals surface area (Å²) in [6.45, 7) is 2.05. The molecule has 1 N–H and O–H groups in total. The Labute approximate surface area is 122 Å². The number of aryl methyl sites for hydroxylation is 1. The van der Waals surface area contributed by atoms with Crippen LogP contribution in [0.2, 0.25) is 0 Å². The Morgan fingerprint density at radius 1 is 1.20 bits per heavy atom. The van der Waals surface area contributed by atoms with Crippen molar-refractivity contribution in [3.8, 4) is 5.75 Å². The number of aliphatic hydroxyl groups excluding tert-OH is 1. The molecule has 0 spiro atoms. The van der Waals surface area contributed by atoms with Gasteiger partial charge in [-0.25, -0.2) is 0 Å². The number of rotatable bonds is 4. The second-order valence-electron chi connectivity index (χ2n) is 6.21. The van der Waals surface area contributed by atoms with Crippen LogP contribution in [-0.4, -0.2) is 36.8 Å². The highest BCUT2D eigenvalue weighted by atomic mass is 16.5. The van der Waals surface area contributed by atoms with Crippen LogP contribution in [0.25, 0.3) is 0 Å². The van der Waals surface area contributed by atoms with Crippen molar-refractivity contribution in [3.63, 3.8) is 0 Å². The van der Waals surface area contributed by atoms with Crippen LogP contribution in [0.1, 0.15) is 49.3 Å². The highest BCUT2D eigenvalue weighted by molar-refractivity contribution is 5.40. The minimum atomic E-state index is -0.507. The molecule has 20 heavy (non-hydrogen) atoms. The molecule has 1 fully saturated rings. The Balaban J connectivity index is 2.41. The maximum atomic E-state index is 11.1. The number of hydrogen-bond donors (Lipinski definition) is 1. The zero-order chi connectivity index (χ0) is 14.8. The summed E-state index contributed by atoms with van der Waals surface area (Å²) >= 11 is 0. The lowest BCUT2D eigenvalue weighted by atomic mass is 9.74. The van der Waals surface area contributed by atoms with E-state index in [1.165, 1.54) is 19.3 Å². The second-order valence-corrected chi connectivity index (χ2v) is 6.21.